The van der Waals surface area contributed by atoms with Crippen molar-refractivity contribution in [2.24, 2.45) is 0 Å². The Balaban J connectivity index is -0.000000405. The molecule has 2 aliphatic rings. The van der Waals surface area contributed by atoms with Crippen LogP contribution in [0.1, 0.15) is 57.4 Å². The number of nitrogens with zero attached hydrogens (tertiary/aromatic N) is 2. The Kier molecular flexibility index (Phi) is 22.6. The van der Waals surface area contributed by atoms with E-state index in [9.17, 15) is 28.8 Å². The summed E-state index contributed by atoms with van der Waals surface area (Å²) in [5.41, 5.74) is 0. The summed E-state index contributed by atoms with van der Waals surface area (Å²) < 4.78 is 9.77. The van der Waals surface area contributed by atoms with Crippen LogP contribution in [0.3, 0.4) is 0 Å². The van der Waals surface area contributed by atoms with Crippen molar-refractivity contribution in [1.82, 2.24) is 9.80 Å². The Morgan fingerprint density at radius 1 is 0.562 bits per heavy atom. The van der Waals surface area contributed by atoms with Crippen LogP contribution in [-0.2, 0) is 38.2 Å². The molecule has 0 aromatic carbocycles. The van der Waals surface area contributed by atoms with Crippen molar-refractivity contribution in [2.45, 2.75) is 57.4 Å². The van der Waals surface area contributed by atoms with Crippen LogP contribution >= 0.6 is 0 Å². The van der Waals surface area contributed by atoms with Crippen LogP contribution in [0.5, 0.6) is 0 Å². The van der Waals surface area contributed by atoms with Gasteiger partial charge in [0.1, 0.15) is 13.1 Å². The lowest BCUT2D eigenvalue weighted by atomic mass is 10.3. The van der Waals surface area contributed by atoms with Gasteiger partial charge in [-0.05, 0) is 12.8 Å². The summed E-state index contributed by atoms with van der Waals surface area (Å²) in [7, 11) is 0. The van der Waals surface area contributed by atoms with E-state index < -0.39 is 48.7 Å². The highest BCUT2D eigenvalue weighted by Gasteiger charge is 2.27. The van der Waals surface area contributed by atoms with E-state index >= 15 is 0 Å². The molecule has 2 rings (SSSR count). The van der Waals surface area contributed by atoms with E-state index in [2.05, 4.69) is 0 Å². The van der Waals surface area contributed by atoms with Gasteiger partial charge in [0.25, 0.3) is 23.6 Å². The van der Waals surface area contributed by atoms with Gasteiger partial charge >= 0.3 is 11.9 Å². The third kappa shape index (κ3) is 11.2. The number of amides is 4. The number of carbonyl (C=O) groups excluding carboxylic acids is 6. The first-order chi connectivity index (χ1) is 12.4. The Morgan fingerprint density at radius 2 is 0.812 bits per heavy atom. The van der Waals surface area contributed by atoms with Crippen molar-refractivity contribution in [1.29, 1.82) is 0 Å². The fourth-order valence-corrected chi connectivity index (χ4v) is 2.10. The van der Waals surface area contributed by atoms with Crippen LogP contribution in [0, 0.1) is 0 Å². The van der Waals surface area contributed by atoms with Crippen molar-refractivity contribution in [2.75, 3.05) is 26.3 Å². The van der Waals surface area contributed by atoms with E-state index in [4.69, 9.17) is 9.47 Å². The highest BCUT2D eigenvalue weighted by Crippen LogP contribution is 2.05. The fourth-order valence-electron chi connectivity index (χ4n) is 2.10. The van der Waals surface area contributed by atoms with E-state index in [0.29, 0.717) is 12.8 Å². The fraction of sp³-hybridized carbons (Fsp3) is 0.545. The molecule has 0 N–H and O–H groups in total. The second-order valence-electron chi connectivity index (χ2n) is 5.34. The Morgan fingerprint density at radius 3 is 1.06 bits per heavy atom. The molecule has 0 aromatic rings. The van der Waals surface area contributed by atoms with Crippen LogP contribution in [0.15, 0.2) is 24.3 Å². The van der Waals surface area contributed by atoms with Gasteiger partial charge in [-0.1, -0.05) is 44.6 Å². The molecule has 0 aromatic heterocycles. The highest BCUT2D eigenvalue weighted by atomic mass is 16.5. The van der Waals surface area contributed by atoms with Crippen molar-refractivity contribution >= 4 is 35.6 Å². The molecule has 10 heteroatoms. The number of imide groups is 2. The second-order valence-corrected chi connectivity index (χ2v) is 5.34. The minimum Gasteiger partial charge on any atom is -0.464 e. The minimum absolute atomic E-state index is 0. The molecule has 0 spiro atoms. The summed E-state index contributed by atoms with van der Waals surface area (Å²) in [6.07, 6.45) is 5.07. The molecule has 0 aliphatic carbocycles. The zero-order valence-corrected chi connectivity index (χ0v) is 13.7. The van der Waals surface area contributed by atoms with Gasteiger partial charge in [0.05, 0.1) is 13.2 Å². The van der Waals surface area contributed by atoms with E-state index in [0.717, 1.165) is 34.1 Å². The third-order valence-electron chi connectivity index (χ3n) is 3.44. The van der Waals surface area contributed by atoms with E-state index in [1.165, 1.54) is 0 Å². The number of carbonyl (C=O) groups is 6. The van der Waals surface area contributed by atoms with E-state index in [1.54, 1.807) is 0 Å². The standard InChI is InChI=1S/C16H16N2O8.6CH4/c19-11-3-4-12(20)17(11)9-15(23)25-7-1-2-8-26-16(24)10-18-13(21)5-6-14(18)22;;;;;;/h3-6H,1-2,7-10H2;6*1H4. The highest BCUT2D eigenvalue weighted by molar-refractivity contribution is 6.14. The number of hydrogen-bond acceptors (Lipinski definition) is 8. The quantitative estimate of drug-likeness (QED) is 0.292. The topological polar surface area (TPSA) is 127 Å². The van der Waals surface area contributed by atoms with Crippen LogP contribution in [0.2, 0.25) is 0 Å². The number of unbranched alkanes of at least 4 members (excludes halogenated alkanes) is 1. The molecule has 2 aliphatic heterocycles. The average Bonchev–Trinajstić information content (AvgIpc) is 3.08. The lowest BCUT2D eigenvalue weighted by molar-refractivity contribution is -0.152. The molecule has 0 saturated heterocycles. The lowest BCUT2D eigenvalue weighted by Crippen LogP contribution is -2.36. The predicted molar refractivity (Wildman–Crippen MR) is 123 cm³/mol. The maximum Gasteiger partial charge on any atom is 0.326 e. The van der Waals surface area contributed by atoms with Crippen molar-refractivity contribution in [3.63, 3.8) is 0 Å². The maximum absolute atomic E-state index is 11.5. The minimum atomic E-state index is -0.717. The number of hydrogen-bond donors (Lipinski definition) is 0. The SMILES string of the molecule is C.C.C.C.C.C.O=C(CN1C(=O)C=CC1=O)OCCCCOC(=O)CN1C(=O)C=CC1=O. The van der Waals surface area contributed by atoms with Crippen LogP contribution < -0.4 is 0 Å². The van der Waals surface area contributed by atoms with Crippen molar-refractivity contribution in [3.8, 4) is 0 Å². The van der Waals surface area contributed by atoms with Gasteiger partial charge in [-0.25, -0.2) is 0 Å². The molecule has 32 heavy (non-hydrogen) atoms. The lowest BCUT2D eigenvalue weighted by Gasteiger charge is -2.13. The molecule has 0 unspecified atom stereocenters. The van der Waals surface area contributed by atoms with Crippen LogP contribution in [-0.4, -0.2) is 71.7 Å². The second kappa shape index (κ2) is 18.5. The molecule has 186 valence electrons. The molecule has 2 heterocycles. The summed E-state index contributed by atoms with van der Waals surface area (Å²) in [5.74, 6) is -3.70. The Bertz CT molecular complexity index is 617. The largest absolute Gasteiger partial charge is 0.464 e. The van der Waals surface area contributed by atoms with E-state index in [-0.39, 0.29) is 57.8 Å². The molecule has 0 saturated carbocycles. The monoisotopic (exact) mass is 460 g/mol. The average molecular weight is 461 g/mol. The molecule has 10 nitrogen and oxygen atoms in total. The Hall–Kier alpha value is -3.30. The summed E-state index contributed by atoms with van der Waals surface area (Å²) in [4.78, 5) is 69.7. The van der Waals surface area contributed by atoms with Gasteiger partial charge in [0.2, 0.25) is 0 Å². The molecular formula is C22H40N2O8. The molecule has 0 atom stereocenters. The third-order valence-corrected chi connectivity index (χ3v) is 3.44. The smallest absolute Gasteiger partial charge is 0.326 e. The zero-order chi connectivity index (χ0) is 19.1. The van der Waals surface area contributed by atoms with Crippen LogP contribution in [0.25, 0.3) is 0 Å². The summed E-state index contributed by atoms with van der Waals surface area (Å²) in [6.45, 7) is -0.836. The van der Waals surface area contributed by atoms with E-state index in [1.807, 2.05) is 0 Å². The summed E-state index contributed by atoms with van der Waals surface area (Å²) in [5, 5.41) is 0. The molecule has 0 fully saturated rings. The van der Waals surface area contributed by atoms with Gasteiger partial charge in [0.15, 0.2) is 0 Å². The summed E-state index contributed by atoms with van der Waals surface area (Å²) in [6, 6.07) is 0. The van der Waals surface area contributed by atoms with Gasteiger partial charge in [0, 0.05) is 24.3 Å². The first-order valence-corrected chi connectivity index (χ1v) is 7.77. The number of rotatable bonds is 9. The summed E-state index contributed by atoms with van der Waals surface area (Å²) >= 11 is 0. The Labute approximate surface area is 192 Å². The van der Waals surface area contributed by atoms with Gasteiger partial charge < -0.3 is 9.47 Å². The first-order valence-electron chi connectivity index (χ1n) is 7.77. The van der Waals surface area contributed by atoms with Gasteiger partial charge in [-0.2, -0.15) is 0 Å². The van der Waals surface area contributed by atoms with Crippen molar-refractivity contribution < 1.29 is 38.2 Å². The first kappa shape index (κ1) is 39.2. The number of ether oxygens (including phenoxy) is 2. The maximum atomic E-state index is 11.5. The molecule has 4 amide bonds. The normalized spacial score (nSPS) is 13.0. The van der Waals surface area contributed by atoms with Crippen molar-refractivity contribution in [3.05, 3.63) is 24.3 Å². The zero-order valence-electron chi connectivity index (χ0n) is 13.7. The molecule has 0 bridgehead atoms. The van der Waals surface area contributed by atoms with Crippen LogP contribution in [0.4, 0.5) is 0 Å². The predicted octanol–water partition coefficient (Wildman–Crippen LogP) is 2.52. The molecule has 0 radical (unpaired) electrons. The van der Waals surface area contributed by atoms with Gasteiger partial charge in [-0.3, -0.25) is 38.6 Å². The number of esters is 2. The molecular weight excluding hydrogens is 420 g/mol. The van der Waals surface area contributed by atoms with Gasteiger partial charge in [-0.15, -0.1) is 0 Å².